The van der Waals surface area contributed by atoms with Gasteiger partial charge in [-0.25, -0.2) is 9.97 Å². The second-order valence-electron chi connectivity index (χ2n) is 4.86. The van der Waals surface area contributed by atoms with E-state index in [4.69, 9.17) is 11.6 Å². The maximum atomic E-state index is 12.5. The summed E-state index contributed by atoms with van der Waals surface area (Å²) in [6, 6.07) is 0. The fourth-order valence-corrected chi connectivity index (χ4v) is 3.02. The molecule has 1 aliphatic carbocycles. The summed E-state index contributed by atoms with van der Waals surface area (Å²) in [6.45, 7) is 0. The molecule has 0 N–H and O–H groups in total. The number of anilines is 1. The zero-order valence-electron chi connectivity index (χ0n) is 9.94. The predicted octanol–water partition coefficient (Wildman–Crippen LogP) is 1.49. The van der Waals surface area contributed by atoms with Gasteiger partial charge < -0.3 is 4.90 Å². The lowest BCUT2D eigenvalue weighted by atomic mass is 9.72. The molecular weight excluding hydrogens is 254 g/mol. The first-order valence-corrected chi connectivity index (χ1v) is 6.25. The van der Waals surface area contributed by atoms with Crippen LogP contribution in [-0.2, 0) is 15.0 Å². The molecule has 0 aromatic carbocycles. The molecule has 1 spiro atoms. The van der Waals surface area contributed by atoms with Gasteiger partial charge in [-0.05, 0) is 24.4 Å². The number of aromatic nitrogens is 2. The van der Waals surface area contributed by atoms with E-state index < -0.39 is 5.41 Å². The number of hydrogen-bond donors (Lipinski definition) is 0. The molecule has 0 bridgehead atoms. The molecule has 0 atom stereocenters. The molecule has 94 valence electrons. The third-order valence-electron chi connectivity index (χ3n) is 3.93. The molecule has 1 fully saturated rings. The highest BCUT2D eigenvalue weighted by molar-refractivity contribution is 6.28. The fourth-order valence-electron chi connectivity index (χ4n) is 2.89. The summed E-state index contributed by atoms with van der Waals surface area (Å²) in [6.07, 6.45) is 3.49. The number of Topliss-reactive ketones (excluding diaryl/α,β-unsaturated/α-hetero) is 1. The van der Waals surface area contributed by atoms with Gasteiger partial charge in [-0.15, -0.1) is 0 Å². The first-order valence-electron chi connectivity index (χ1n) is 5.87. The largest absolute Gasteiger partial charge is 0.312 e. The maximum Gasteiger partial charge on any atom is 0.239 e. The molecule has 2 heterocycles. The van der Waals surface area contributed by atoms with Crippen molar-refractivity contribution in [1.29, 1.82) is 0 Å². The fraction of sp³-hybridized carbons (Fsp3) is 0.500. The molecule has 18 heavy (non-hydrogen) atoms. The molecule has 1 aliphatic heterocycles. The van der Waals surface area contributed by atoms with Crippen molar-refractivity contribution in [3.63, 3.8) is 0 Å². The van der Waals surface area contributed by atoms with E-state index >= 15 is 0 Å². The number of fused-ring (bicyclic) bond motifs is 2. The molecule has 6 heteroatoms. The van der Waals surface area contributed by atoms with Crippen LogP contribution < -0.4 is 4.90 Å². The van der Waals surface area contributed by atoms with Crippen LogP contribution in [0.5, 0.6) is 0 Å². The van der Waals surface area contributed by atoms with Crippen LogP contribution in [0, 0.1) is 0 Å². The van der Waals surface area contributed by atoms with E-state index in [1.54, 1.807) is 18.1 Å². The molecule has 0 radical (unpaired) electrons. The minimum atomic E-state index is -0.662. The standard InChI is InChI=1S/C12H12ClN3O2/c1-16-8-6-14-11(13)15-9(8)12(10(16)18)4-2-7(17)3-5-12/h6H,2-5H2,1H3. The Kier molecular flexibility index (Phi) is 2.41. The zero-order chi connectivity index (χ0) is 12.9. The lowest BCUT2D eigenvalue weighted by molar-refractivity contribution is -0.127. The maximum absolute atomic E-state index is 12.5. The number of carbonyl (C=O) groups excluding carboxylic acids is 2. The van der Waals surface area contributed by atoms with Crippen LogP contribution in [0.15, 0.2) is 6.20 Å². The molecule has 0 unspecified atom stereocenters. The van der Waals surface area contributed by atoms with Crippen molar-refractivity contribution < 1.29 is 9.59 Å². The van der Waals surface area contributed by atoms with Gasteiger partial charge in [0.1, 0.15) is 5.78 Å². The van der Waals surface area contributed by atoms with Gasteiger partial charge in [-0.3, -0.25) is 9.59 Å². The average molecular weight is 266 g/mol. The van der Waals surface area contributed by atoms with Crippen LogP contribution in [0.2, 0.25) is 5.28 Å². The normalized spacial score (nSPS) is 21.6. The molecule has 2 aliphatic rings. The highest BCUT2D eigenvalue weighted by atomic mass is 35.5. The van der Waals surface area contributed by atoms with Gasteiger partial charge in [-0.2, -0.15) is 0 Å². The summed E-state index contributed by atoms with van der Waals surface area (Å²) >= 11 is 5.83. The second-order valence-corrected chi connectivity index (χ2v) is 5.20. The van der Waals surface area contributed by atoms with Crippen LogP contribution >= 0.6 is 11.6 Å². The van der Waals surface area contributed by atoms with Crippen LogP contribution in [0.1, 0.15) is 31.4 Å². The molecule has 3 rings (SSSR count). The number of carbonyl (C=O) groups is 2. The Balaban J connectivity index is 2.14. The highest BCUT2D eigenvalue weighted by Gasteiger charge is 2.52. The van der Waals surface area contributed by atoms with Gasteiger partial charge in [-0.1, -0.05) is 0 Å². The minimum absolute atomic E-state index is 0.00145. The van der Waals surface area contributed by atoms with Crippen LogP contribution in [-0.4, -0.2) is 28.7 Å². The van der Waals surface area contributed by atoms with E-state index in [-0.39, 0.29) is 17.0 Å². The summed E-state index contributed by atoms with van der Waals surface area (Å²) < 4.78 is 0. The molecular formula is C12H12ClN3O2. The number of rotatable bonds is 0. The third-order valence-corrected chi connectivity index (χ3v) is 4.11. The Morgan fingerprint density at radius 1 is 1.33 bits per heavy atom. The summed E-state index contributed by atoms with van der Waals surface area (Å²) in [5.41, 5.74) is 0.728. The van der Waals surface area contributed by atoms with E-state index in [0.717, 1.165) is 0 Å². The van der Waals surface area contributed by atoms with Crippen molar-refractivity contribution in [1.82, 2.24) is 9.97 Å². The van der Waals surface area contributed by atoms with Gasteiger partial charge in [0, 0.05) is 19.9 Å². The van der Waals surface area contributed by atoms with Crippen LogP contribution in [0.25, 0.3) is 0 Å². The first-order chi connectivity index (χ1) is 8.54. The van der Waals surface area contributed by atoms with Gasteiger partial charge >= 0.3 is 0 Å². The van der Waals surface area contributed by atoms with Crippen molar-refractivity contribution in [2.24, 2.45) is 0 Å². The third kappa shape index (κ3) is 1.40. The average Bonchev–Trinajstić information content (AvgIpc) is 2.56. The lowest BCUT2D eigenvalue weighted by Gasteiger charge is -2.30. The smallest absolute Gasteiger partial charge is 0.239 e. The van der Waals surface area contributed by atoms with Crippen molar-refractivity contribution >= 4 is 29.0 Å². The SMILES string of the molecule is CN1C(=O)C2(CCC(=O)CC2)c2nc(Cl)ncc21. The monoisotopic (exact) mass is 265 g/mol. The molecule has 1 saturated carbocycles. The predicted molar refractivity (Wildman–Crippen MR) is 65.6 cm³/mol. The number of amides is 1. The summed E-state index contributed by atoms with van der Waals surface area (Å²) in [7, 11) is 1.71. The van der Waals surface area contributed by atoms with E-state index in [9.17, 15) is 9.59 Å². The van der Waals surface area contributed by atoms with E-state index in [2.05, 4.69) is 9.97 Å². The Hall–Kier alpha value is -1.49. The van der Waals surface area contributed by atoms with Gasteiger partial charge in [0.05, 0.1) is 23.0 Å². The van der Waals surface area contributed by atoms with Gasteiger partial charge in [0.15, 0.2) is 0 Å². The molecule has 5 nitrogen and oxygen atoms in total. The van der Waals surface area contributed by atoms with Gasteiger partial charge in [0.2, 0.25) is 11.2 Å². The van der Waals surface area contributed by atoms with Crippen molar-refractivity contribution in [2.75, 3.05) is 11.9 Å². The molecule has 1 aromatic heterocycles. The molecule has 1 amide bonds. The van der Waals surface area contributed by atoms with E-state index in [0.29, 0.717) is 37.1 Å². The van der Waals surface area contributed by atoms with E-state index in [1.807, 2.05) is 0 Å². The quantitative estimate of drug-likeness (QED) is 0.667. The van der Waals surface area contributed by atoms with Crippen LogP contribution in [0.4, 0.5) is 5.69 Å². The zero-order valence-corrected chi connectivity index (χ0v) is 10.7. The number of hydrogen-bond acceptors (Lipinski definition) is 4. The van der Waals surface area contributed by atoms with E-state index in [1.165, 1.54) is 0 Å². The Bertz CT molecular complexity index is 548. The van der Waals surface area contributed by atoms with Crippen molar-refractivity contribution in [3.8, 4) is 0 Å². The summed E-state index contributed by atoms with van der Waals surface area (Å²) in [4.78, 5) is 33.6. The second kappa shape index (κ2) is 3.75. The van der Waals surface area contributed by atoms with Crippen molar-refractivity contribution in [3.05, 3.63) is 17.2 Å². The minimum Gasteiger partial charge on any atom is -0.312 e. The number of ketones is 1. The van der Waals surface area contributed by atoms with Crippen LogP contribution in [0.3, 0.4) is 0 Å². The van der Waals surface area contributed by atoms with Crippen molar-refractivity contribution in [2.45, 2.75) is 31.1 Å². The molecule has 1 aromatic rings. The van der Waals surface area contributed by atoms with Gasteiger partial charge in [0.25, 0.3) is 0 Å². The lowest BCUT2D eigenvalue weighted by Crippen LogP contribution is -2.42. The first kappa shape index (κ1) is 11.6. The highest BCUT2D eigenvalue weighted by Crippen LogP contribution is 2.47. The summed E-state index contributed by atoms with van der Waals surface area (Å²) in [5, 5.41) is 0.146. The number of halogens is 1. The molecule has 0 saturated heterocycles. The Labute approximate surface area is 109 Å². The Morgan fingerprint density at radius 3 is 2.67 bits per heavy atom. The summed E-state index contributed by atoms with van der Waals surface area (Å²) in [5.74, 6) is 0.214. The number of likely N-dealkylation sites (N-methyl/N-ethyl adjacent to an activating group) is 1. The topological polar surface area (TPSA) is 63.2 Å². The Morgan fingerprint density at radius 2 is 2.00 bits per heavy atom. The number of nitrogens with zero attached hydrogens (tertiary/aromatic N) is 3.